The number of aryl methyl sites for hydroxylation is 1. The van der Waals surface area contributed by atoms with Crippen molar-refractivity contribution >= 4 is 51.2 Å². The molecule has 0 radical (unpaired) electrons. The topological polar surface area (TPSA) is 41.9 Å². The van der Waals surface area contributed by atoms with Gasteiger partial charge in [-0.05, 0) is 42.2 Å². The number of thiocarbonyl (C=S) groups is 1. The Morgan fingerprint density at radius 2 is 1.75 bits per heavy atom. The van der Waals surface area contributed by atoms with Gasteiger partial charge in [-0.25, -0.2) is 0 Å². The summed E-state index contributed by atoms with van der Waals surface area (Å²) in [5.41, 5.74) is 3.01. The first-order valence-electron chi connectivity index (χ1n) is 8.94. The van der Waals surface area contributed by atoms with Crippen LogP contribution in [0.2, 0.25) is 5.02 Å². The van der Waals surface area contributed by atoms with Crippen molar-refractivity contribution in [1.29, 1.82) is 0 Å². The van der Waals surface area contributed by atoms with Crippen molar-refractivity contribution in [1.82, 2.24) is 9.78 Å². The molecule has 0 spiro atoms. The maximum Gasteiger partial charge on any atom is 0.176 e. The molecule has 0 unspecified atom stereocenters. The van der Waals surface area contributed by atoms with Crippen LogP contribution in [0, 0.1) is 6.92 Å². The van der Waals surface area contributed by atoms with E-state index in [1.165, 1.54) is 0 Å². The number of halogens is 1. The Morgan fingerprint density at radius 1 is 1.00 bits per heavy atom. The van der Waals surface area contributed by atoms with Gasteiger partial charge in [0.05, 0.1) is 6.54 Å². The van der Waals surface area contributed by atoms with Gasteiger partial charge in [0, 0.05) is 27.9 Å². The first-order valence-corrected chi connectivity index (χ1v) is 9.72. The maximum atomic E-state index is 6.27. The van der Waals surface area contributed by atoms with E-state index >= 15 is 0 Å². The molecular weight excluding hydrogens is 388 g/mol. The number of nitrogens with one attached hydrogen (secondary N) is 2. The van der Waals surface area contributed by atoms with Crippen molar-refractivity contribution in [3.05, 3.63) is 89.1 Å². The molecule has 28 heavy (non-hydrogen) atoms. The van der Waals surface area contributed by atoms with E-state index < -0.39 is 0 Å². The number of aromatic nitrogens is 2. The molecule has 2 N–H and O–H groups in total. The minimum Gasteiger partial charge on any atom is -0.332 e. The van der Waals surface area contributed by atoms with Gasteiger partial charge in [-0.2, -0.15) is 5.10 Å². The number of hydrogen-bond donors (Lipinski definition) is 2. The third kappa shape index (κ3) is 4.01. The van der Waals surface area contributed by atoms with Crippen LogP contribution in [-0.2, 0) is 6.54 Å². The molecule has 0 aliphatic heterocycles. The van der Waals surface area contributed by atoms with Gasteiger partial charge < -0.3 is 10.6 Å². The Hall–Kier alpha value is -2.89. The lowest BCUT2D eigenvalue weighted by Gasteiger charge is -2.11. The van der Waals surface area contributed by atoms with Crippen LogP contribution >= 0.6 is 23.8 Å². The molecule has 4 nitrogen and oxygen atoms in total. The van der Waals surface area contributed by atoms with Crippen LogP contribution < -0.4 is 10.6 Å². The van der Waals surface area contributed by atoms with Crippen molar-refractivity contribution in [3.8, 4) is 0 Å². The van der Waals surface area contributed by atoms with Gasteiger partial charge in [0.2, 0.25) is 0 Å². The average Bonchev–Trinajstić information content (AvgIpc) is 3.02. The zero-order valence-corrected chi connectivity index (χ0v) is 16.9. The van der Waals surface area contributed by atoms with E-state index in [0.717, 1.165) is 32.7 Å². The molecule has 0 amide bonds. The van der Waals surface area contributed by atoms with Crippen LogP contribution in [0.1, 0.15) is 11.3 Å². The third-order valence-electron chi connectivity index (χ3n) is 4.54. The number of anilines is 2. The molecule has 1 aromatic heterocycles. The molecule has 6 heteroatoms. The van der Waals surface area contributed by atoms with Crippen LogP contribution in [0.5, 0.6) is 0 Å². The smallest absolute Gasteiger partial charge is 0.176 e. The summed E-state index contributed by atoms with van der Waals surface area (Å²) < 4.78 is 1.91. The van der Waals surface area contributed by atoms with E-state index in [9.17, 15) is 0 Å². The lowest BCUT2D eigenvalue weighted by molar-refractivity contribution is 0.668. The summed E-state index contributed by atoms with van der Waals surface area (Å²) in [6.45, 7) is 2.62. The number of benzene rings is 3. The molecule has 0 saturated carbocycles. The van der Waals surface area contributed by atoms with E-state index in [-0.39, 0.29) is 0 Å². The van der Waals surface area contributed by atoms with E-state index in [2.05, 4.69) is 33.9 Å². The average molecular weight is 407 g/mol. The molecule has 4 aromatic rings. The second-order valence-electron chi connectivity index (χ2n) is 6.53. The number of hydrogen-bond acceptors (Lipinski definition) is 2. The monoisotopic (exact) mass is 406 g/mol. The van der Waals surface area contributed by atoms with Crippen molar-refractivity contribution in [2.24, 2.45) is 0 Å². The minimum atomic E-state index is 0.499. The van der Waals surface area contributed by atoms with Crippen LogP contribution in [0.15, 0.2) is 72.8 Å². The summed E-state index contributed by atoms with van der Waals surface area (Å²) in [6, 6.07) is 24.0. The first-order chi connectivity index (χ1) is 13.6. The summed E-state index contributed by atoms with van der Waals surface area (Å²) in [5.74, 6) is 0.697. The lowest BCUT2D eigenvalue weighted by atomic mass is 10.1. The number of nitrogens with zero attached hydrogens (tertiary/aromatic N) is 2. The fraction of sp³-hybridized carbons (Fsp3) is 0.0909. The minimum absolute atomic E-state index is 0.499. The third-order valence-corrected chi connectivity index (χ3v) is 5.11. The van der Waals surface area contributed by atoms with Gasteiger partial charge >= 0.3 is 0 Å². The molecule has 0 bridgehead atoms. The van der Waals surface area contributed by atoms with E-state index in [4.69, 9.17) is 23.8 Å². The summed E-state index contributed by atoms with van der Waals surface area (Å²) in [7, 11) is 0. The van der Waals surface area contributed by atoms with Crippen LogP contribution in [0.3, 0.4) is 0 Å². The predicted molar refractivity (Wildman–Crippen MR) is 121 cm³/mol. The van der Waals surface area contributed by atoms with Gasteiger partial charge in [0.15, 0.2) is 10.9 Å². The van der Waals surface area contributed by atoms with Gasteiger partial charge in [-0.3, -0.25) is 4.68 Å². The van der Waals surface area contributed by atoms with Crippen molar-refractivity contribution < 1.29 is 0 Å². The fourth-order valence-electron chi connectivity index (χ4n) is 3.12. The molecular formula is C22H19ClN4S. The zero-order chi connectivity index (χ0) is 19.5. The second-order valence-corrected chi connectivity index (χ2v) is 7.34. The molecule has 1 heterocycles. The Kier molecular flexibility index (Phi) is 5.28. The summed E-state index contributed by atoms with van der Waals surface area (Å²) >= 11 is 11.8. The highest BCUT2D eigenvalue weighted by Crippen LogP contribution is 2.23. The highest BCUT2D eigenvalue weighted by molar-refractivity contribution is 7.80. The molecule has 0 aliphatic carbocycles. The van der Waals surface area contributed by atoms with Crippen LogP contribution in [-0.4, -0.2) is 14.9 Å². The second kappa shape index (κ2) is 8.00. The normalized spacial score (nSPS) is 10.8. The molecule has 140 valence electrons. The van der Waals surface area contributed by atoms with Crippen molar-refractivity contribution in [2.45, 2.75) is 13.5 Å². The first kappa shape index (κ1) is 18.5. The number of fused-ring (bicyclic) bond motifs is 1. The summed E-state index contributed by atoms with van der Waals surface area (Å²) in [4.78, 5) is 0. The van der Waals surface area contributed by atoms with Gasteiger partial charge in [0.1, 0.15) is 0 Å². The Labute approximate surface area is 174 Å². The largest absolute Gasteiger partial charge is 0.332 e. The summed E-state index contributed by atoms with van der Waals surface area (Å²) in [5, 5.41) is 14.6. The Bertz CT molecular complexity index is 1150. The molecule has 4 rings (SSSR count). The summed E-state index contributed by atoms with van der Waals surface area (Å²) in [6.07, 6.45) is 0. The molecule has 0 atom stereocenters. The van der Waals surface area contributed by atoms with Crippen LogP contribution in [0.4, 0.5) is 11.5 Å². The molecule has 0 aliphatic rings. The maximum absolute atomic E-state index is 6.27. The predicted octanol–water partition coefficient (Wildman–Crippen LogP) is 5.86. The van der Waals surface area contributed by atoms with E-state index in [1.54, 1.807) is 0 Å². The standard InChI is InChI=1S/C22H19ClN4S/c1-15-13-21(26-27(15)14-17-8-3-5-11-19(17)23)25-22(28)24-20-12-6-9-16-7-2-4-10-18(16)20/h2-13H,14H2,1H3,(H2,24,25,26,28). The highest BCUT2D eigenvalue weighted by Gasteiger charge is 2.09. The SMILES string of the molecule is Cc1cc(NC(=S)Nc2cccc3ccccc23)nn1Cc1ccccc1Cl. The lowest BCUT2D eigenvalue weighted by Crippen LogP contribution is -2.19. The quantitative estimate of drug-likeness (QED) is 0.417. The van der Waals surface area contributed by atoms with Gasteiger partial charge in [0.25, 0.3) is 0 Å². The zero-order valence-electron chi connectivity index (χ0n) is 15.3. The van der Waals surface area contributed by atoms with Crippen LogP contribution in [0.25, 0.3) is 10.8 Å². The highest BCUT2D eigenvalue weighted by atomic mass is 35.5. The van der Waals surface area contributed by atoms with E-state index in [0.29, 0.717) is 17.5 Å². The van der Waals surface area contributed by atoms with Crippen molar-refractivity contribution in [2.75, 3.05) is 10.6 Å². The molecule has 0 saturated heterocycles. The number of rotatable bonds is 4. The molecule has 3 aromatic carbocycles. The Morgan fingerprint density at radius 3 is 2.61 bits per heavy atom. The van der Waals surface area contributed by atoms with Gasteiger partial charge in [-0.15, -0.1) is 0 Å². The molecule has 0 fully saturated rings. The van der Waals surface area contributed by atoms with E-state index in [1.807, 2.05) is 66.2 Å². The Balaban J connectivity index is 1.48. The van der Waals surface area contributed by atoms with Crippen molar-refractivity contribution in [3.63, 3.8) is 0 Å². The van der Waals surface area contributed by atoms with Gasteiger partial charge in [-0.1, -0.05) is 66.2 Å². The fourth-order valence-corrected chi connectivity index (χ4v) is 3.53.